The lowest BCUT2D eigenvalue weighted by molar-refractivity contribution is 0.461. The highest BCUT2D eigenvalue weighted by Crippen LogP contribution is 2.33. The van der Waals surface area contributed by atoms with Gasteiger partial charge in [-0.05, 0) is 47.5 Å². The maximum absolute atomic E-state index is 6.10. The van der Waals surface area contributed by atoms with Crippen molar-refractivity contribution in [2.24, 2.45) is 0 Å². The second-order valence-electron chi connectivity index (χ2n) is 8.01. The summed E-state index contributed by atoms with van der Waals surface area (Å²) < 4.78 is 12.2. The Hall–Kier alpha value is -4.76. The van der Waals surface area contributed by atoms with E-state index in [9.17, 15) is 0 Å². The fourth-order valence-electron chi connectivity index (χ4n) is 3.61. The quantitative estimate of drug-likeness (QED) is 0.237. The number of para-hydroxylation sites is 2. The summed E-state index contributed by atoms with van der Waals surface area (Å²) in [4.78, 5) is 0. The highest BCUT2D eigenvalue weighted by Gasteiger charge is 2.07. The Bertz CT molecular complexity index is 1320. The molecule has 1 N–H and O–H groups in total. The number of anilines is 2. The molecule has 0 aromatic heterocycles. The largest absolute Gasteiger partial charge is 0.457 e. The number of ether oxygens (including phenoxy) is 2. The van der Waals surface area contributed by atoms with E-state index in [4.69, 9.17) is 9.47 Å². The first-order valence-corrected chi connectivity index (χ1v) is 11.5. The van der Waals surface area contributed by atoms with Crippen LogP contribution in [-0.2, 0) is 0 Å². The van der Waals surface area contributed by atoms with Gasteiger partial charge in [0.25, 0.3) is 0 Å². The zero-order chi connectivity index (χ0) is 23.7. The standard InChI is InChI=1S/C32H25NO2/c1-4-10-25(11-5-1)16-17-26-18-20-27(21-19-26)33-28-22-31(34-29-12-6-2-7-13-29)24-32(23-28)35-30-14-8-3-9-15-30/h1-24,33H. The third-order valence-electron chi connectivity index (χ3n) is 5.31. The van der Waals surface area contributed by atoms with Crippen LogP contribution in [-0.4, -0.2) is 0 Å². The average Bonchev–Trinajstić information content (AvgIpc) is 2.90. The average molecular weight is 456 g/mol. The smallest absolute Gasteiger partial charge is 0.133 e. The van der Waals surface area contributed by atoms with E-state index < -0.39 is 0 Å². The Labute approximate surface area is 205 Å². The summed E-state index contributed by atoms with van der Waals surface area (Å²) >= 11 is 0. The molecule has 0 heterocycles. The maximum Gasteiger partial charge on any atom is 0.133 e. The van der Waals surface area contributed by atoms with Crippen molar-refractivity contribution in [1.29, 1.82) is 0 Å². The molecule has 170 valence electrons. The van der Waals surface area contributed by atoms with Crippen LogP contribution in [0.15, 0.2) is 133 Å². The van der Waals surface area contributed by atoms with Gasteiger partial charge in [0.05, 0.1) is 0 Å². The molecule has 0 saturated heterocycles. The van der Waals surface area contributed by atoms with Crippen molar-refractivity contribution < 1.29 is 9.47 Å². The highest BCUT2D eigenvalue weighted by atomic mass is 16.5. The molecule has 0 fully saturated rings. The maximum atomic E-state index is 6.10. The molecule has 35 heavy (non-hydrogen) atoms. The lowest BCUT2D eigenvalue weighted by Gasteiger charge is -2.14. The van der Waals surface area contributed by atoms with Crippen molar-refractivity contribution in [2.75, 3.05) is 5.32 Å². The number of benzene rings is 5. The van der Waals surface area contributed by atoms with E-state index >= 15 is 0 Å². The molecular formula is C32H25NO2. The van der Waals surface area contributed by atoms with Gasteiger partial charge < -0.3 is 14.8 Å². The number of rotatable bonds is 8. The predicted molar refractivity (Wildman–Crippen MR) is 145 cm³/mol. The molecule has 0 aliphatic heterocycles. The molecule has 5 rings (SSSR count). The van der Waals surface area contributed by atoms with Gasteiger partial charge in [0.1, 0.15) is 23.0 Å². The molecular weight excluding hydrogens is 430 g/mol. The zero-order valence-electron chi connectivity index (χ0n) is 19.2. The topological polar surface area (TPSA) is 30.5 Å². The zero-order valence-corrected chi connectivity index (χ0v) is 19.2. The van der Waals surface area contributed by atoms with Crippen LogP contribution in [0.5, 0.6) is 23.0 Å². The fourth-order valence-corrected chi connectivity index (χ4v) is 3.61. The Morgan fingerprint density at radius 2 is 0.857 bits per heavy atom. The fraction of sp³-hybridized carbons (Fsp3) is 0. The van der Waals surface area contributed by atoms with Crippen molar-refractivity contribution >= 4 is 23.5 Å². The van der Waals surface area contributed by atoms with Gasteiger partial charge in [0, 0.05) is 29.6 Å². The second-order valence-corrected chi connectivity index (χ2v) is 8.01. The first-order chi connectivity index (χ1) is 17.3. The van der Waals surface area contributed by atoms with Gasteiger partial charge in [-0.3, -0.25) is 0 Å². The summed E-state index contributed by atoms with van der Waals surface area (Å²) in [6.45, 7) is 0. The first-order valence-electron chi connectivity index (χ1n) is 11.5. The van der Waals surface area contributed by atoms with Gasteiger partial charge in [0.2, 0.25) is 0 Å². The molecule has 0 bridgehead atoms. The van der Waals surface area contributed by atoms with Crippen LogP contribution in [0.2, 0.25) is 0 Å². The second kappa shape index (κ2) is 10.9. The molecule has 0 radical (unpaired) electrons. The Balaban J connectivity index is 1.36. The summed E-state index contributed by atoms with van der Waals surface area (Å²) in [6.07, 6.45) is 4.22. The van der Waals surface area contributed by atoms with Gasteiger partial charge in [-0.25, -0.2) is 0 Å². The summed E-state index contributed by atoms with van der Waals surface area (Å²) in [5, 5.41) is 3.47. The van der Waals surface area contributed by atoms with Crippen LogP contribution in [0.4, 0.5) is 11.4 Å². The third kappa shape index (κ3) is 6.40. The highest BCUT2D eigenvalue weighted by molar-refractivity contribution is 5.71. The van der Waals surface area contributed by atoms with Crippen LogP contribution in [0.25, 0.3) is 12.2 Å². The Morgan fingerprint density at radius 3 is 1.37 bits per heavy atom. The molecule has 0 aliphatic carbocycles. The van der Waals surface area contributed by atoms with E-state index in [2.05, 4.69) is 53.9 Å². The molecule has 0 saturated carbocycles. The predicted octanol–water partition coefficient (Wildman–Crippen LogP) is 9.19. The minimum atomic E-state index is 0.689. The van der Waals surface area contributed by atoms with Crippen molar-refractivity contribution in [3.8, 4) is 23.0 Å². The van der Waals surface area contributed by atoms with E-state index in [-0.39, 0.29) is 0 Å². The van der Waals surface area contributed by atoms with Crippen LogP contribution >= 0.6 is 0 Å². The number of hydrogen-bond donors (Lipinski definition) is 1. The molecule has 0 spiro atoms. The Morgan fingerprint density at radius 1 is 0.400 bits per heavy atom. The van der Waals surface area contributed by atoms with Crippen molar-refractivity contribution in [2.45, 2.75) is 0 Å². The van der Waals surface area contributed by atoms with Gasteiger partial charge in [-0.1, -0.05) is 91.0 Å². The van der Waals surface area contributed by atoms with Crippen molar-refractivity contribution in [3.63, 3.8) is 0 Å². The van der Waals surface area contributed by atoms with Crippen LogP contribution in [0.1, 0.15) is 11.1 Å². The van der Waals surface area contributed by atoms with E-state index in [0.717, 1.165) is 28.4 Å². The SMILES string of the molecule is C(=Cc1ccc(Nc2cc(Oc3ccccc3)cc(Oc3ccccc3)c2)cc1)c1ccccc1. The molecule has 3 nitrogen and oxygen atoms in total. The van der Waals surface area contributed by atoms with Gasteiger partial charge in [-0.15, -0.1) is 0 Å². The lowest BCUT2D eigenvalue weighted by atomic mass is 10.1. The van der Waals surface area contributed by atoms with E-state index in [1.807, 2.05) is 97.1 Å². The summed E-state index contributed by atoms with van der Waals surface area (Å²) in [5.74, 6) is 2.92. The summed E-state index contributed by atoms with van der Waals surface area (Å²) in [7, 11) is 0. The van der Waals surface area contributed by atoms with Crippen molar-refractivity contribution in [1.82, 2.24) is 0 Å². The van der Waals surface area contributed by atoms with Gasteiger partial charge in [0.15, 0.2) is 0 Å². The van der Waals surface area contributed by atoms with E-state index in [1.165, 1.54) is 5.56 Å². The molecule has 0 amide bonds. The monoisotopic (exact) mass is 455 g/mol. The van der Waals surface area contributed by atoms with Gasteiger partial charge >= 0.3 is 0 Å². The normalized spacial score (nSPS) is 10.7. The van der Waals surface area contributed by atoms with Crippen LogP contribution in [0, 0.1) is 0 Å². The molecule has 0 unspecified atom stereocenters. The molecule has 0 aliphatic rings. The van der Waals surface area contributed by atoms with Crippen LogP contribution in [0.3, 0.4) is 0 Å². The molecule has 5 aromatic carbocycles. The Kier molecular flexibility index (Phi) is 6.87. The van der Waals surface area contributed by atoms with Crippen molar-refractivity contribution in [3.05, 3.63) is 145 Å². The van der Waals surface area contributed by atoms with Crippen LogP contribution < -0.4 is 14.8 Å². The number of hydrogen-bond acceptors (Lipinski definition) is 3. The van der Waals surface area contributed by atoms with E-state index in [1.54, 1.807) is 0 Å². The molecule has 5 aromatic rings. The van der Waals surface area contributed by atoms with Gasteiger partial charge in [-0.2, -0.15) is 0 Å². The minimum Gasteiger partial charge on any atom is -0.457 e. The third-order valence-corrected chi connectivity index (χ3v) is 5.31. The molecule has 0 atom stereocenters. The summed E-state index contributed by atoms with van der Waals surface area (Å²) in [6, 6.07) is 43.9. The lowest BCUT2D eigenvalue weighted by Crippen LogP contribution is -1.94. The first kappa shape index (κ1) is 22.1. The number of nitrogens with one attached hydrogen (secondary N) is 1. The molecule has 3 heteroatoms. The summed E-state index contributed by atoms with van der Waals surface area (Å²) in [5.41, 5.74) is 4.16. The minimum absolute atomic E-state index is 0.689. The van der Waals surface area contributed by atoms with E-state index in [0.29, 0.717) is 11.5 Å².